The highest BCUT2D eigenvalue weighted by Gasteiger charge is 2.06. The average Bonchev–Trinajstić information content (AvgIpc) is 2.82. The molecule has 3 N–H and O–H groups in total. The van der Waals surface area contributed by atoms with Crippen molar-refractivity contribution in [2.75, 3.05) is 0 Å². The van der Waals surface area contributed by atoms with Crippen molar-refractivity contribution < 1.29 is 0 Å². The lowest BCUT2D eigenvalue weighted by Gasteiger charge is -2.04. The topological polar surface area (TPSA) is 80.6 Å². The normalized spacial score (nSPS) is 10.7. The molecule has 18 heavy (non-hydrogen) atoms. The van der Waals surface area contributed by atoms with E-state index in [1.54, 1.807) is 16.9 Å². The zero-order valence-electron chi connectivity index (χ0n) is 9.54. The Morgan fingerprint density at radius 3 is 2.78 bits per heavy atom. The fourth-order valence-electron chi connectivity index (χ4n) is 1.85. The number of nitrogens with zero attached hydrogens (tertiary/aromatic N) is 3. The molecule has 0 aliphatic carbocycles. The van der Waals surface area contributed by atoms with E-state index in [0.29, 0.717) is 11.5 Å². The van der Waals surface area contributed by atoms with Crippen molar-refractivity contribution >= 4 is 16.7 Å². The summed E-state index contributed by atoms with van der Waals surface area (Å²) in [5.74, 6) is 0.609. The minimum atomic E-state index is -0.0479. The Morgan fingerprint density at radius 1 is 1.11 bits per heavy atom. The molecule has 0 amide bonds. The minimum Gasteiger partial charge on any atom is -0.382 e. The summed E-state index contributed by atoms with van der Waals surface area (Å²) in [6, 6.07) is 13.3. The van der Waals surface area contributed by atoms with Crippen molar-refractivity contribution in [1.29, 1.82) is 5.41 Å². The molecule has 0 atom stereocenters. The SMILES string of the molecule is N=C(N)c1cccc(-n2ncc3ccccc32)n1. The van der Waals surface area contributed by atoms with Crippen LogP contribution in [0.4, 0.5) is 0 Å². The molecule has 0 radical (unpaired) electrons. The van der Waals surface area contributed by atoms with Gasteiger partial charge in [-0.25, -0.2) is 9.67 Å². The third-order valence-corrected chi connectivity index (χ3v) is 2.70. The van der Waals surface area contributed by atoms with E-state index in [2.05, 4.69) is 10.1 Å². The van der Waals surface area contributed by atoms with Crippen LogP contribution < -0.4 is 5.73 Å². The molecule has 5 nitrogen and oxygen atoms in total. The molecule has 0 bridgehead atoms. The number of fused-ring (bicyclic) bond motifs is 1. The van der Waals surface area contributed by atoms with Crippen LogP contribution in [0.3, 0.4) is 0 Å². The first kappa shape index (κ1) is 10.5. The number of nitrogens with two attached hydrogens (primary N) is 1. The number of pyridine rings is 1. The number of nitrogen functional groups attached to an aromatic ring is 1. The quantitative estimate of drug-likeness (QED) is 0.526. The second-order valence-electron chi connectivity index (χ2n) is 3.91. The summed E-state index contributed by atoms with van der Waals surface area (Å²) in [4.78, 5) is 4.32. The maximum atomic E-state index is 7.41. The summed E-state index contributed by atoms with van der Waals surface area (Å²) in [6.07, 6.45) is 1.79. The molecule has 0 saturated heterocycles. The van der Waals surface area contributed by atoms with Crippen LogP contribution in [-0.4, -0.2) is 20.6 Å². The molecule has 0 aliphatic heterocycles. The number of hydrogen-bond acceptors (Lipinski definition) is 3. The van der Waals surface area contributed by atoms with E-state index in [1.807, 2.05) is 36.4 Å². The van der Waals surface area contributed by atoms with Gasteiger partial charge in [0.15, 0.2) is 5.82 Å². The molecule has 2 aromatic heterocycles. The average molecular weight is 237 g/mol. The van der Waals surface area contributed by atoms with E-state index in [0.717, 1.165) is 10.9 Å². The first-order chi connectivity index (χ1) is 8.75. The van der Waals surface area contributed by atoms with Crippen molar-refractivity contribution in [3.8, 4) is 5.82 Å². The summed E-state index contributed by atoms with van der Waals surface area (Å²) >= 11 is 0. The van der Waals surface area contributed by atoms with E-state index < -0.39 is 0 Å². The highest BCUT2D eigenvalue weighted by molar-refractivity contribution is 5.93. The van der Waals surface area contributed by atoms with Gasteiger partial charge in [-0.3, -0.25) is 5.41 Å². The van der Waals surface area contributed by atoms with E-state index in [4.69, 9.17) is 11.1 Å². The molecule has 3 rings (SSSR count). The van der Waals surface area contributed by atoms with Gasteiger partial charge in [0.05, 0.1) is 11.7 Å². The number of hydrogen-bond donors (Lipinski definition) is 2. The maximum Gasteiger partial charge on any atom is 0.154 e. The van der Waals surface area contributed by atoms with E-state index in [1.165, 1.54) is 0 Å². The van der Waals surface area contributed by atoms with E-state index in [9.17, 15) is 0 Å². The van der Waals surface area contributed by atoms with Gasteiger partial charge in [0.25, 0.3) is 0 Å². The lowest BCUT2D eigenvalue weighted by Crippen LogP contribution is -2.14. The predicted octanol–water partition coefficient (Wildman–Crippen LogP) is 1.70. The fraction of sp³-hybridized carbons (Fsp3) is 0. The molecule has 0 spiro atoms. The molecule has 2 heterocycles. The standard InChI is InChI=1S/C13H11N5/c14-13(15)10-5-3-7-12(17-10)18-11-6-2-1-4-9(11)8-16-18/h1-8H,(H3,14,15). The van der Waals surface area contributed by atoms with Gasteiger partial charge < -0.3 is 5.73 Å². The summed E-state index contributed by atoms with van der Waals surface area (Å²) in [5.41, 5.74) is 6.87. The molecule has 3 aromatic rings. The Kier molecular flexibility index (Phi) is 2.30. The first-order valence-corrected chi connectivity index (χ1v) is 5.50. The molecule has 0 unspecified atom stereocenters. The van der Waals surface area contributed by atoms with Crippen LogP contribution in [-0.2, 0) is 0 Å². The maximum absolute atomic E-state index is 7.41. The lowest BCUT2D eigenvalue weighted by molar-refractivity contribution is 0.872. The van der Waals surface area contributed by atoms with Gasteiger partial charge in [-0.1, -0.05) is 24.3 Å². The van der Waals surface area contributed by atoms with Crippen LogP contribution in [0.15, 0.2) is 48.7 Å². The number of nitrogens with one attached hydrogen (secondary N) is 1. The van der Waals surface area contributed by atoms with Gasteiger partial charge in [0.2, 0.25) is 0 Å². The second-order valence-corrected chi connectivity index (χ2v) is 3.91. The van der Waals surface area contributed by atoms with Gasteiger partial charge in [0.1, 0.15) is 11.5 Å². The van der Waals surface area contributed by atoms with Gasteiger partial charge >= 0.3 is 0 Å². The van der Waals surface area contributed by atoms with Gasteiger partial charge in [-0.05, 0) is 18.2 Å². The summed E-state index contributed by atoms with van der Waals surface area (Å²) in [7, 11) is 0. The van der Waals surface area contributed by atoms with Gasteiger partial charge in [-0.2, -0.15) is 5.10 Å². The van der Waals surface area contributed by atoms with Crippen LogP contribution in [0.5, 0.6) is 0 Å². The Labute approximate surface area is 103 Å². The molecule has 1 aromatic carbocycles. The van der Waals surface area contributed by atoms with Crippen molar-refractivity contribution in [3.63, 3.8) is 0 Å². The number of aromatic nitrogens is 3. The Hall–Kier alpha value is -2.69. The Bertz CT molecular complexity index is 729. The number of amidine groups is 1. The summed E-state index contributed by atoms with van der Waals surface area (Å²) in [6.45, 7) is 0. The Morgan fingerprint density at radius 2 is 1.94 bits per heavy atom. The molecular weight excluding hydrogens is 226 g/mol. The fourth-order valence-corrected chi connectivity index (χ4v) is 1.85. The smallest absolute Gasteiger partial charge is 0.154 e. The van der Waals surface area contributed by atoms with Crippen LogP contribution in [0, 0.1) is 5.41 Å². The van der Waals surface area contributed by atoms with Crippen molar-refractivity contribution in [2.24, 2.45) is 5.73 Å². The Balaban J connectivity index is 2.20. The highest BCUT2D eigenvalue weighted by Crippen LogP contribution is 2.16. The third kappa shape index (κ3) is 1.62. The van der Waals surface area contributed by atoms with Crippen molar-refractivity contribution in [3.05, 3.63) is 54.4 Å². The van der Waals surface area contributed by atoms with Crippen LogP contribution in [0.1, 0.15) is 5.69 Å². The number of para-hydroxylation sites is 1. The zero-order chi connectivity index (χ0) is 12.5. The molecule has 5 heteroatoms. The monoisotopic (exact) mass is 237 g/mol. The van der Waals surface area contributed by atoms with Gasteiger partial charge in [-0.15, -0.1) is 0 Å². The van der Waals surface area contributed by atoms with Crippen molar-refractivity contribution in [1.82, 2.24) is 14.8 Å². The second kappa shape index (κ2) is 3.96. The number of benzene rings is 1. The van der Waals surface area contributed by atoms with Gasteiger partial charge in [0, 0.05) is 5.39 Å². The molecule has 0 saturated carbocycles. The van der Waals surface area contributed by atoms with E-state index >= 15 is 0 Å². The largest absolute Gasteiger partial charge is 0.382 e. The highest BCUT2D eigenvalue weighted by atomic mass is 15.3. The summed E-state index contributed by atoms with van der Waals surface area (Å²) < 4.78 is 1.74. The van der Waals surface area contributed by atoms with Crippen LogP contribution >= 0.6 is 0 Å². The molecule has 0 aliphatic rings. The predicted molar refractivity (Wildman–Crippen MR) is 69.9 cm³/mol. The minimum absolute atomic E-state index is 0.0479. The zero-order valence-corrected chi connectivity index (χ0v) is 9.54. The third-order valence-electron chi connectivity index (χ3n) is 2.70. The van der Waals surface area contributed by atoms with E-state index in [-0.39, 0.29) is 5.84 Å². The number of rotatable bonds is 2. The lowest BCUT2D eigenvalue weighted by atomic mass is 10.2. The van der Waals surface area contributed by atoms with Crippen LogP contribution in [0.25, 0.3) is 16.7 Å². The first-order valence-electron chi connectivity index (χ1n) is 5.50. The molecular formula is C13H11N5. The molecule has 88 valence electrons. The van der Waals surface area contributed by atoms with Crippen molar-refractivity contribution in [2.45, 2.75) is 0 Å². The summed E-state index contributed by atoms with van der Waals surface area (Å²) in [5, 5.41) is 12.8. The van der Waals surface area contributed by atoms with Crippen LogP contribution in [0.2, 0.25) is 0 Å². The molecule has 0 fully saturated rings.